The number of halogens is 2. The average molecular weight is 310 g/mol. The van der Waals surface area contributed by atoms with Gasteiger partial charge in [-0.15, -0.1) is 0 Å². The van der Waals surface area contributed by atoms with Gasteiger partial charge in [0.1, 0.15) is 11.6 Å². The van der Waals surface area contributed by atoms with Crippen molar-refractivity contribution < 1.29 is 14.3 Å². The third-order valence-corrected chi connectivity index (χ3v) is 2.88. The number of hydrogen-bond donors (Lipinski definition) is 2. The van der Waals surface area contributed by atoms with Crippen LogP contribution in [0.4, 0.5) is 10.2 Å². The first-order valence-corrected chi connectivity index (χ1v) is 6.59. The molecule has 1 aromatic heterocycles. The second-order valence-corrected chi connectivity index (χ2v) is 5.07. The molecule has 0 fully saturated rings. The number of carbonyl (C=O) groups is 1. The highest BCUT2D eigenvalue weighted by Gasteiger charge is 2.17. The number of nitrogens with zero attached hydrogens (tertiary/aromatic N) is 2. The third kappa shape index (κ3) is 3.46. The molecular weight excluding hydrogens is 297 g/mol. The second-order valence-electron chi connectivity index (χ2n) is 4.66. The Kier molecular flexibility index (Phi) is 4.37. The fraction of sp³-hybridized carbons (Fsp3) is 0.214. The molecule has 0 unspecified atom stereocenters. The van der Waals surface area contributed by atoms with Gasteiger partial charge >= 0.3 is 5.97 Å². The standard InChI is InChI=1S/C14H13ClFN3O2/c1-7(2)17-11-6-10(14(20)21)18-13(19-11)12-8(15)4-3-5-9(12)16/h3-7H,1-2H3,(H,20,21)(H,17,18,19). The summed E-state index contributed by atoms with van der Waals surface area (Å²) in [5.74, 6) is -1.61. The monoisotopic (exact) mass is 309 g/mol. The number of anilines is 1. The lowest BCUT2D eigenvalue weighted by Gasteiger charge is -2.12. The Labute approximate surface area is 125 Å². The number of benzene rings is 1. The van der Waals surface area contributed by atoms with Crippen LogP contribution in [0.15, 0.2) is 24.3 Å². The van der Waals surface area contributed by atoms with Gasteiger partial charge < -0.3 is 10.4 Å². The molecular formula is C14H13ClFN3O2. The van der Waals surface area contributed by atoms with Gasteiger partial charge in [-0.3, -0.25) is 0 Å². The number of aromatic nitrogens is 2. The predicted molar refractivity (Wildman–Crippen MR) is 78.2 cm³/mol. The molecule has 0 atom stereocenters. The number of carboxylic acid groups (broad SMARTS) is 1. The Morgan fingerprint density at radius 1 is 1.38 bits per heavy atom. The lowest BCUT2D eigenvalue weighted by molar-refractivity contribution is 0.0690. The first-order valence-electron chi connectivity index (χ1n) is 6.21. The normalized spacial score (nSPS) is 10.7. The zero-order valence-electron chi connectivity index (χ0n) is 11.4. The van der Waals surface area contributed by atoms with Gasteiger partial charge in [0, 0.05) is 12.1 Å². The molecule has 0 aliphatic rings. The molecule has 7 heteroatoms. The Balaban J connectivity index is 2.62. The van der Waals surface area contributed by atoms with E-state index in [9.17, 15) is 9.18 Å². The summed E-state index contributed by atoms with van der Waals surface area (Å²) in [6, 6.07) is 5.49. The molecule has 0 aliphatic heterocycles. The maximum Gasteiger partial charge on any atom is 0.354 e. The molecule has 21 heavy (non-hydrogen) atoms. The van der Waals surface area contributed by atoms with Crippen molar-refractivity contribution in [3.05, 3.63) is 40.8 Å². The lowest BCUT2D eigenvalue weighted by Crippen LogP contribution is -2.14. The third-order valence-electron chi connectivity index (χ3n) is 2.57. The summed E-state index contributed by atoms with van der Waals surface area (Å²) in [6.45, 7) is 3.75. The molecule has 1 aromatic carbocycles. The van der Waals surface area contributed by atoms with E-state index in [1.165, 1.54) is 24.3 Å². The Bertz CT molecular complexity index is 672. The van der Waals surface area contributed by atoms with Crippen molar-refractivity contribution in [3.63, 3.8) is 0 Å². The molecule has 0 aliphatic carbocycles. The maximum atomic E-state index is 13.9. The molecule has 110 valence electrons. The molecule has 0 bridgehead atoms. The highest BCUT2D eigenvalue weighted by atomic mass is 35.5. The van der Waals surface area contributed by atoms with Gasteiger partial charge in [-0.2, -0.15) is 0 Å². The number of nitrogens with one attached hydrogen (secondary N) is 1. The molecule has 1 heterocycles. The van der Waals surface area contributed by atoms with E-state index in [1.807, 2.05) is 13.8 Å². The quantitative estimate of drug-likeness (QED) is 0.904. The molecule has 0 saturated carbocycles. The van der Waals surface area contributed by atoms with Crippen molar-refractivity contribution in [2.24, 2.45) is 0 Å². The van der Waals surface area contributed by atoms with E-state index in [1.54, 1.807) is 0 Å². The first-order chi connectivity index (χ1) is 9.88. The number of carboxylic acids is 1. The van der Waals surface area contributed by atoms with Gasteiger partial charge in [-0.1, -0.05) is 17.7 Å². The zero-order valence-corrected chi connectivity index (χ0v) is 12.1. The van der Waals surface area contributed by atoms with E-state index in [4.69, 9.17) is 16.7 Å². The Morgan fingerprint density at radius 3 is 2.67 bits per heavy atom. The van der Waals surface area contributed by atoms with Crippen LogP contribution in [-0.2, 0) is 0 Å². The van der Waals surface area contributed by atoms with E-state index in [2.05, 4.69) is 15.3 Å². The smallest absolute Gasteiger partial charge is 0.354 e. The first kappa shape index (κ1) is 15.2. The molecule has 0 amide bonds. The van der Waals surface area contributed by atoms with Gasteiger partial charge in [0.15, 0.2) is 11.5 Å². The SMILES string of the molecule is CC(C)Nc1cc(C(=O)O)nc(-c2c(F)cccc2Cl)n1. The van der Waals surface area contributed by atoms with Crippen LogP contribution in [0.1, 0.15) is 24.3 Å². The van der Waals surface area contributed by atoms with Crippen LogP contribution in [0.2, 0.25) is 5.02 Å². The highest BCUT2D eigenvalue weighted by molar-refractivity contribution is 6.33. The molecule has 2 rings (SSSR count). The summed E-state index contributed by atoms with van der Waals surface area (Å²) in [4.78, 5) is 19.1. The molecule has 0 saturated heterocycles. The molecule has 2 aromatic rings. The van der Waals surface area contributed by atoms with Crippen LogP contribution in [0, 0.1) is 5.82 Å². The van der Waals surface area contributed by atoms with Crippen LogP contribution < -0.4 is 5.32 Å². The fourth-order valence-corrected chi connectivity index (χ4v) is 2.00. The van der Waals surface area contributed by atoms with E-state index < -0.39 is 11.8 Å². The maximum absolute atomic E-state index is 13.9. The minimum absolute atomic E-state index is 0.0194. The highest BCUT2D eigenvalue weighted by Crippen LogP contribution is 2.29. The van der Waals surface area contributed by atoms with Crippen molar-refractivity contribution >= 4 is 23.4 Å². The summed E-state index contributed by atoms with van der Waals surface area (Å²) >= 11 is 5.97. The van der Waals surface area contributed by atoms with Gasteiger partial charge in [0.2, 0.25) is 0 Å². The predicted octanol–water partition coefficient (Wildman–Crippen LogP) is 3.45. The fourth-order valence-electron chi connectivity index (χ4n) is 1.75. The van der Waals surface area contributed by atoms with Crippen molar-refractivity contribution in [2.45, 2.75) is 19.9 Å². The molecule has 2 N–H and O–H groups in total. The summed E-state index contributed by atoms with van der Waals surface area (Å²) < 4.78 is 13.9. The van der Waals surface area contributed by atoms with Crippen LogP contribution in [0.25, 0.3) is 11.4 Å². The van der Waals surface area contributed by atoms with Crippen LogP contribution in [-0.4, -0.2) is 27.1 Å². The molecule has 5 nitrogen and oxygen atoms in total. The van der Waals surface area contributed by atoms with Crippen LogP contribution in [0.3, 0.4) is 0 Å². The largest absolute Gasteiger partial charge is 0.477 e. The summed E-state index contributed by atoms with van der Waals surface area (Å²) in [5, 5.41) is 12.2. The Morgan fingerprint density at radius 2 is 2.10 bits per heavy atom. The lowest BCUT2D eigenvalue weighted by atomic mass is 10.2. The number of rotatable bonds is 4. The number of aromatic carboxylic acids is 1. The minimum Gasteiger partial charge on any atom is -0.477 e. The van der Waals surface area contributed by atoms with Crippen molar-refractivity contribution in [1.82, 2.24) is 9.97 Å². The summed E-state index contributed by atoms with van der Waals surface area (Å²) in [7, 11) is 0. The zero-order chi connectivity index (χ0) is 15.6. The topological polar surface area (TPSA) is 75.1 Å². The van der Waals surface area contributed by atoms with Gasteiger partial charge in [-0.05, 0) is 26.0 Å². The van der Waals surface area contributed by atoms with Crippen molar-refractivity contribution in [2.75, 3.05) is 5.32 Å². The van der Waals surface area contributed by atoms with Crippen molar-refractivity contribution in [1.29, 1.82) is 0 Å². The Hall–Kier alpha value is -2.21. The van der Waals surface area contributed by atoms with E-state index in [-0.39, 0.29) is 28.1 Å². The van der Waals surface area contributed by atoms with Gasteiger partial charge in [0.05, 0.1) is 10.6 Å². The van der Waals surface area contributed by atoms with E-state index in [0.29, 0.717) is 5.82 Å². The van der Waals surface area contributed by atoms with Crippen LogP contribution in [0.5, 0.6) is 0 Å². The van der Waals surface area contributed by atoms with Crippen LogP contribution >= 0.6 is 11.6 Å². The van der Waals surface area contributed by atoms with E-state index in [0.717, 1.165) is 0 Å². The summed E-state index contributed by atoms with van der Waals surface area (Å²) in [5.41, 5.74) is -0.253. The molecule has 0 spiro atoms. The minimum atomic E-state index is -1.22. The van der Waals surface area contributed by atoms with E-state index >= 15 is 0 Å². The van der Waals surface area contributed by atoms with Gasteiger partial charge in [-0.25, -0.2) is 19.2 Å². The molecule has 0 radical (unpaired) electrons. The van der Waals surface area contributed by atoms with Gasteiger partial charge in [0.25, 0.3) is 0 Å². The van der Waals surface area contributed by atoms with Crippen molar-refractivity contribution in [3.8, 4) is 11.4 Å². The number of hydrogen-bond acceptors (Lipinski definition) is 4. The second kappa shape index (κ2) is 6.05. The summed E-state index contributed by atoms with van der Waals surface area (Å²) in [6.07, 6.45) is 0. The average Bonchev–Trinajstić information content (AvgIpc) is 2.37.